The Hall–Kier alpha value is -2.22. The summed E-state index contributed by atoms with van der Waals surface area (Å²) < 4.78 is 8.43. The second kappa shape index (κ2) is 9.29. The van der Waals surface area contributed by atoms with Crippen molar-refractivity contribution < 1.29 is 9.53 Å². The number of fused-ring (bicyclic) bond motifs is 1. The topological polar surface area (TPSA) is 51.2 Å². The van der Waals surface area contributed by atoms with Gasteiger partial charge in [-0.3, -0.25) is 4.79 Å². The molecule has 0 fully saturated rings. The number of ether oxygens (including phenoxy) is 1. The predicted molar refractivity (Wildman–Crippen MR) is 131 cm³/mol. The molecule has 1 N–H and O–H groups in total. The highest BCUT2D eigenvalue weighted by Gasteiger charge is 2.18. The quantitative estimate of drug-likeness (QED) is 0.272. The zero-order chi connectivity index (χ0) is 21.1. The maximum atomic E-state index is 13.0. The molecule has 1 aromatic heterocycles. The number of para-hydroxylation sites is 1. The van der Waals surface area contributed by atoms with Crippen LogP contribution >= 0.6 is 43.2 Å². The van der Waals surface area contributed by atoms with Gasteiger partial charge in [0.25, 0.3) is 5.91 Å². The number of nitrogens with one attached hydrogen (secondary N) is 1. The molecule has 3 aromatic carbocycles. The van der Waals surface area contributed by atoms with Crippen molar-refractivity contribution in [3.05, 3.63) is 75.2 Å². The van der Waals surface area contributed by atoms with Gasteiger partial charge in [0.2, 0.25) is 0 Å². The molecule has 1 amide bonds. The molecule has 0 aliphatic rings. The van der Waals surface area contributed by atoms with Crippen LogP contribution in [-0.2, 0) is 0 Å². The van der Waals surface area contributed by atoms with Crippen molar-refractivity contribution in [1.82, 2.24) is 4.98 Å². The first kappa shape index (κ1) is 21.0. The minimum Gasteiger partial charge on any atom is -0.494 e. The number of thiazole rings is 1. The highest BCUT2D eigenvalue weighted by atomic mass is 79.9. The van der Waals surface area contributed by atoms with Gasteiger partial charge >= 0.3 is 0 Å². The van der Waals surface area contributed by atoms with E-state index in [1.807, 2.05) is 55.5 Å². The molecule has 4 rings (SSSR count). The maximum absolute atomic E-state index is 13.0. The molecule has 4 aromatic rings. The Morgan fingerprint density at radius 3 is 2.73 bits per heavy atom. The third-order valence-corrected chi connectivity index (χ3v) is 6.54. The maximum Gasteiger partial charge on any atom is 0.255 e. The molecular formula is C23H18Br2N2O2S. The molecule has 0 radical (unpaired) electrons. The smallest absolute Gasteiger partial charge is 0.255 e. The molecule has 0 aliphatic heterocycles. The molecule has 0 aliphatic carbocycles. The van der Waals surface area contributed by atoms with Crippen LogP contribution in [0.15, 0.2) is 69.6 Å². The largest absolute Gasteiger partial charge is 0.494 e. The lowest BCUT2D eigenvalue weighted by atomic mass is 10.1. The molecule has 0 unspecified atom stereocenters. The first-order chi connectivity index (χ1) is 14.5. The Morgan fingerprint density at radius 1 is 1.10 bits per heavy atom. The fraction of sp³-hybridized carbons (Fsp3) is 0.130. The minimum atomic E-state index is -0.206. The highest BCUT2D eigenvalue weighted by molar-refractivity contribution is 9.11. The number of hydrogen-bond donors (Lipinski definition) is 1. The van der Waals surface area contributed by atoms with Gasteiger partial charge in [0, 0.05) is 20.1 Å². The van der Waals surface area contributed by atoms with E-state index in [1.165, 1.54) is 0 Å². The van der Waals surface area contributed by atoms with Crippen LogP contribution in [0.2, 0.25) is 0 Å². The van der Waals surface area contributed by atoms with Crippen molar-refractivity contribution in [3.8, 4) is 16.3 Å². The van der Waals surface area contributed by atoms with Gasteiger partial charge in [0.1, 0.15) is 10.8 Å². The van der Waals surface area contributed by atoms with E-state index in [1.54, 1.807) is 23.5 Å². The summed E-state index contributed by atoms with van der Waals surface area (Å²) in [6, 6.07) is 19.1. The van der Waals surface area contributed by atoms with Gasteiger partial charge in [-0.05, 0) is 64.8 Å². The first-order valence-corrected chi connectivity index (χ1v) is 11.8. The van der Waals surface area contributed by atoms with Crippen LogP contribution in [0.3, 0.4) is 0 Å². The number of carbonyl (C=O) groups is 1. The second-order valence-corrected chi connectivity index (χ2v) is 9.43. The highest BCUT2D eigenvalue weighted by Crippen LogP contribution is 2.40. The Balaban J connectivity index is 1.70. The Labute approximate surface area is 195 Å². The molecule has 0 spiro atoms. The lowest BCUT2D eigenvalue weighted by Gasteiger charge is -2.13. The number of halogens is 2. The van der Waals surface area contributed by atoms with E-state index in [-0.39, 0.29) is 5.91 Å². The summed E-state index contributed by atoms with van der Waals surface area (Å²) >= 11 is 8.74. The summed E-state index contributed by atoms with van der Waals surface area (Å²) in [6.07, 6.45) is 0.911. The molecule has 1 heterocycles. The summed E-state index contributed by atoms with van der Waals surface area (Å²) in [6.45, 7) is 2.66. The summed E-state index contributed by atoms with van der Waals surface area (Å²) in [4.78, 5) is 17.8. The zero-order valence-electron chi connectivity index (χ0n) is 16.1. The third-order valence-electron chi connectivity index (χ3n) is 4.39. The number of amides is 1. The SMILES string of the molecule is CCCOc1cccc(C(=O)Nc2c(Br)cc(Br)cc2-c2nc3ccccc3s2)c1. The van der Waals surface area contributed by atoms with Crippen LogP contribution in [-0.4, -0.2) is 17.5 Å². The van der Waals surface area contributed by atoms with Crippen molar-refractivity contribution >= 4 is 65.0 Å². The van der Waals surface area contributed by atoms with Gasteiger partial charge in [-0.25, -0.2) is 4.98 Å². The van der Waals surface area contributed by atoms with Crippen LogP contribution < -0.4 is 10.1 Å². The standard InChI is InChI=1S/C23H18Br2N2O2S/c1-2-10-29-16-7-5-6-14(11-16)22(28)27-21-17(12-15(24)13-18(21)25)23-26-19-8-3-4-9-20(19)30-23/h3-9,11-13H,2,10H2,1H3,(H,27,28). The molecule has 0 bridgehead atoms. The van der Waals surface area contributed by atoms with Gasteiger partial charge in [0.05, 0.1) is 22.5 Å². The molecule has 7 heteroatoms. The van der Waals surface area contributed by atoms with E-state index in [0.29, 0.717) is 23.6 Å². The average molecular weight is 546 g/mol. The summed E-state index contributed by atoms with van der Waals surface area (Å²) in [5.74, 6) is 0.480. The van der Waals surface area contributed by atoms with E-state index in [4.69, 9.17) is 9.72 Å². The molecule has 0 saturated heterocycles. The van der Waals surface area contributed by atoms with Crippen LogP contribution in [0.25, 0.3) is 20.8 Å². The Morgan fingerprint density at radius 2 is 1.93 bits per heavy atom. The molecule has 30 heavy (non-hydrogen) atoms. The third kappa shape index (κ3) is 4.58. The molecular weight excluding hydrogens is 528 g/mol. The fourth-order valence-corrected chi connectivity index (χ4v) is 5.30. The molecule has 0 saturated carbocycles. The lowest BCUT2D eigenvalue weighted by molar-refractivity contribution is 0.102. The number of rotatable bonds is 6. The molecule has 152 valence electrons. The van der Waals surface area contributed by atoms with E-state index < -0.39 is 0 Å². The normalized spacial score (nSPS) is 10.9. The minimum absolute atomic E-state index is 0.206. The zero-order valence-corrected chi connectivity index (χ0v) is 20.1. The van der Waals surface area contributed by atoms with Crippen LogP contribution in [0.4, 0.5) is 5.69 Å². The Kier molecular flexibility index (Phi) is 6.51. The van der Waals surface area contributed by atoms with Gasteiger partial charge in [-0.1, -0.05) is 41.1 Å². The van der Waals surface area contributed by atoms with Gasteiger partial charge in [-0.15, -0.1) is 11.3 Å². The van der Waals surface area contributed by atoms with Crippen molar-refractivity contribution in [2.75, 3.05) is 11.9 Å². The summed E-state index contributed by atoms with van der Waals surface area (Å²) in [5.41, 5.74) is 3.01. The van der Waals surface area contributed by atoms with E-state index in [2.05, 4.69) is 37.2 Å². The van der Waals surface area contributed by atoms with Crippen molar-refractivity contribution in [2.45, 2.75) is 13.3 Å². The van der Waals surface area contributed by atoms with Crippen molar-refractivity contribution in [1.29, 1.82) is 0 Å². The molecule has 4 nitrogen and oxygen atoms in total. The van der Waals surface area contributed by atoms with Gasteiger partial charge in [-0.2, -0.15) is 0 Å². The van der Waals surface area contributed by atoms with E-state index in [9.17, 15) is 4.79 Å². The lowest BCUT2D eigenvalue weighted by Crippen LogP contribution is -2.13. The first-order valence-electron chi connectivity index (χ1n) is 9.44. The predicted octanol–water partition coefficient (Wildman–Crippen LogP) is 7.53. The summed E-state index contributed by atoms with van der Waals surface area (Å²) in [5, 5.41) is 3.89. The summed E-state index contributed by atoms with van der Waals surface area (Å²) in [7, 11) is 0. The number of anilines is 1. The van der Waals surface area contributed by atoms with E-state index >= 15 is 0 Å². The number of benzene rings is 3. The van der Waals surface area contributed by atoms with Crippen LogP contribution in [0.1, 0.15) is 23.7 Å². The van der Waals surface area contributed by atoms with E-state index in [0.717, 1.165) is 36.2 Å². The van der Waals surface area contributed by atoms with Crippen LogP contribution in [0, 0.1) is 0 Å². The molecule has 0 atom stereocenters. The number of aromatic nitrogens is 1. The number of carbonyl (C=O) groups excluding carboxylic acids is 1. The Bertz CT molecular complexity index is 1190. The number of hydrogen-bond acceptors (Lipinski definition) is 4. The average Bonchev–Trinajstić information content (AvgIpc) is 3.18. The second-order valence-electron chi connectivity index (χ2n) is 6.63. The van der Waals surface area contributed by atoms with Gasteiger partial charge < -0.3 is 10.1 Å². The van der Waals surface area contributed by atoms with Crippen molar-refractivity contribution in [2.24, 2.45) is 0 Å². The monoisotopic (exact) mass is 544 g/mol. The van der Waals surface area contributed by atoms with Crippen LogP contribution in [0.5, 0.6) is 5.75 Å². The van der Waals surface area contributed by atoms with Gasteiger partial charge in [0.15, 0.2) is 0 Å². The number of nitrogens with zero attached hydrogens (tertiary/aromatic N) is 1. The van der Waals surface area contributed by atoms with Crippen molar-refractivity contribution in [3.63, 3.8) is 0 Å². The fourth-order valence-electron chi connectivity index (χ4n) is 2.99.